The molecule has 2 atom stereocenters. The molecule has 2 aromatic rings. The Hall–Kier alpha value is -2.34. The average molecular weight is 398 g/mol. The predicted octanol–water partition coefficient (Wildman–Crippen LogP) is 4.10. The number of benzene rings is 1. The fourth-order valence-electron chi connectivity index (χ4n) is 5.82. The summed E-state index contributed by atoms with van der Waals surface area (Å²) in [6.07, 6.45) is 3.47. The summed E-state index contributed by atoms with van der Waals surface area (Å²) in [5.41, 5.74) is 3.25. The summed E-state index contributed by atoms with van der Waals surface area (Å²) in [5, 5.41) is 3.83. The van der Waals surface area contributed by atoms with Crippen molar-refractivity contribution in [2.24, 2.45) is 10.8 Å². The zero-order chi connectivity index (χ0) is 21.0. The highest BCUT2D eigenvalue weighted by molar-refractivity contribution is 6.11. The number of nitrogens with zero attached hydrogens (tertiary/aromatic N) is 1. The number of amides is 1. The van der Waals surface area contributed by atoms with Gasteiger partial charge in [-0.2, -0.15) is 0 Å². The Bertz CT molecular complexity index is 977. The van der Waals surface area contributed by atoms with Gasteiger partial charge in [0.1, 0.15) is 5.69 Å². The first-order chi connectivity index (χ1) is 13.6. The molecule has 2 aliphatic rings. The number of aromatic amines is 1. The van der Waals surface area contributed by atoms with Crippen LogP contribution in [-0.2, 0) is 9.53 Å². The Balaban J connectivity index is 1.57. The molecule has 2 N–H and O–H groups in total. The minimum absolute atomic E-state index is 0.0912. The summed E-state index contributed by atoms with van der Waals surface area (Å²) in [5.74, 6) is -0.577. The Labute approximate surface area is 172 Å². The molecule has 2 heterocycles. The molecule has 2 bridgehead atoms. The fraction of sp³-hybridized carbons (Fsp3) is 0.565. The van der Waals surface area contributed by atoms with Crippen molar-refractivity contribution in [2.45, 2.75) is 53.0 Å². The molecule has 29 heavy (non-hydrogen) atoms. The van der Waals surface area contributed by atoms with Crippen LogP contribution in [0.2, 0.25) is 0 Å². The molecule has 1 aliphatic heterocycles. The third-order valence-electron chi connectivity index (χ3n) is 6.48. The van der Waals surface area contributed by atoms with Crippen molar-refractivity contribution in [3.8, 4) is 0 Å². The van der Waals surface area contributed by atoms with Crippen LogP contribution < -0.4 is 5.32 Å². The second-order valence-electron chi connectivity index (χ2n) is 10.1. The topological polar surface area (TPSA) is 74.4 Å². The van der Waals surface area contributed by atoms with Gasteiger partial charge in [-0.1, -0.05) is 32.4 Å². The predicted molar refractivity (Wildman–Crippen MR) is 114 cm³/mol. The highest BCUT2D eigenvalue weighted by Gasteiger charge is 2.49. The third kappa shape index (κ3) is 3.78. The van der Waals surface area contributed by atoms with Gasteiger partial charge in [-0.05, 0) is 49.1 Å². The van der Waals surface area contributed by atoms with E-state index < -0.39 is 5.97 Å². The Morgan fingerprint density at radius 2 is 2.03 bits per heavy atom. The van der Waals surface area contributed by atoms with Gasteiger partial charge in [0.15, 0.2) is 0 Å². The van der Waals surface area contributed by atoms with Crippen LogP contribution in [0.15, 0.2) is 18.2 Å². The minimum Gasteiger partial charge on any atom is -0.464 e. The summed E-state index contributed by atoms with van der Waals surface area (Å²) < 4.78 is 4.91. The Kier molecular flexibility index (Phi) is 4.73. The van der Waals surface area contributed by atoms with Gasteiger partial charge in [-0.3, -0.25) is 9.69 Å². The standard InChI is InChI=1S/C23H31N3O3/c1-14-6-7-17-16(8-14)19(20(24-17)21(28)29-5)25-18(27)11-26-13-23(4)10-15(26)9-22(2,3)12-23/h6-8,15,24H,9-13H2,1-5H3,(H,25,27)/t15-,23-/m1/s1. The van der Waals surface area contributed by atoms with Gasteiger partial charge in [0.05, 0.1) is 19.3 Å². The average Bonchev–Trinajstić information content (AvgIpc) is 3.07. The molecule has 156 valence electrons. The van der Waals surface area contributed by atoms with Crippen molar-refractivity contribution >= 4 is 28.5 Å². The zero-order valence-electron chi connectivity index (χ0n) is 18.0. The number of esters is 1. The van der Waals surface area contributed by atoms with Crippen molar-refractivity contribution in [3.05, 3.63) is 29.5 Å². The summed E-state index contributed by atoms with van der Waals surface area (Å²) in [7, 11) is 1.34. The maximum atomic E-state index is 13.0. The van der Waals surface area contributed by atoms with Gasteiger partial charge in [0.2, 0.25) is 5.91 Å². The SMILES string of the molecule is COC(=O)c1[nH]c2ccc(C)cc2c1NC(=O)CN1C[C@]2(C)C[C@H]1CC(C)(C)C2. The molecule has 1 amide bonds. The molecular formula is C23H31N3O3. The lowest BCUT2D eigenvalue weighted by Crippen LogP contribution is -2.38. The largest absolute Gasteiger partial charge is 0.464 e. The monoisotopic (exact) mass is 397 g/mol. The molecule has 1 saturated heterocycles. The number of fused-ring (bicyclic) bond motifs is 3. The summed E-state index contributed by atoms with van der Waals surface area (Å²) in [6, 6.07) is 6.30. The highest BCUT2D eigenvalue weighted by atomic mass is 16.5. The van der Waals surface area contributed by atoms with Crippen LogP contribution in [0.4, 0.5) is 5.69 Å². The number of hydrogen-bond acceptors (Lipinski definition) is 4. The zero-order valence-corrected chi connectivity index (χ0v) is 18.0. The molecule has 0 spiro atoms. The number of aryl methyl sites for hydroxylation is 1. The molecular weight excluding hydrogens is 366 g/mol. The van der Waals surface area contributed by atoms with Gasteiger partial charge < -0.3 is 15.0 Å². The first kappa shape index (κ1) is 20.0. The lowest BCUT2D eigenvalue weighted by Gasteiger charge is -2.39. The molecule has 1 aliphatic carbocycles. The number of likely N-dealkylation sites (tertiary alicyclic amines) is 1. The normalized spacial score (nSPS) is 25.9. The second kappa shape index (κ2) is 6.87. The van der Waals surface area contributed by atoms with Crippen molar-refractivity contribution < 1.29 is 14.3 Å². The van der Waals surface area contributed by atoms with E-state index in [0.29, 0.717) is 23.7 Å². The molecule has 1 aromatic carbocycles. The molecule has 6 heteroatoms. The van der Waals surface area contributed by atoms with Crippen molar-refractivity contribution in [2.75, 3.05) is 25.5 Å². The van der Waals surface area contributed by atoms with Gasteiger partial charge in [-0.25, -0.2) is 4.79 Å². The van der Waals surface area contributed by atoms with E-state index in [1.165, 1.54) is 13.5 Å². The van der Waals surface area contributed by atoms with E-state index in [-0.39, 0.29) is 17.0 Å². The molecule has 2 fully saturated rings. The number of hydrogen-bond donors (Lipinski definition) is 2. The number of methoxy groups -OCH3 is 1. The first-order valence-electron chi connectivity index (χ1n) is 10.3. The minimum atomic E-state index is -0.486. The number of ether oxygens (including phenoxy) is 1. The van der Waals surface area contributed by atoms with Gasteiger partial charge >= 0.3 is 5.97 Å². The van der Waals surface area contributed by atoms with Crippen LogP contribution in [0.3, 0.4) is 0 Å². The van der Waals surface area contributed by atoms with E-state index in [9.17, 15) is 9.59 Å². The fourth-order valence-corrected chi connectivity index (χ4v) is 5.82. The quantitative estimate of drug-likeness (QED) is 0.762. The lowest BCUT2D eigenvalue weighted by molar-refractivity contribution is -0.117. The second-order valence-corrected chi connectivity index (χ2v) is 10.1. The van der Waals surface area contributed by atoms with E-state index in [0.717, 1.165) is 35.9 Å². The number of nitrogens with one attached hydrogen (secondary N) is 2. The molecule has 1 aromatic heterocycles. The number of anilines is 1. The van der Waals surface area contributed by atoms with Gasteiger partial charge in [0, 0.05) is 23.5 Å². The van der Waals surface area contributed by atoms with Crippen LogP contribution >= 0.6 is 0 Å². The molecule has 0 radical (unpaired) electrons. The van der Waals surface area contributed by atoms with Crippen molar-refractivity contribution in [1.29, 1.82) is 0 Å². The van der Waals surface area contributed by atoms with E-state index in [2.05, 4.69) is 36.0 Å². The van der Waals surface area contributed by atoms with Crippen LogP contribution in [0.1, 0.15) is 56.1 Å². The highest BCUT2D eigenvalue weighted by Crippen LogP contribution is 2.52. The van der Waals surface area contributed by atoms with E-state index >= 15 is 0 Å². The number of rotatable bonds is 4. The van der Waals surface area contributed by atoms with Crippen molar-refractivity contribution in [3.63, 3.8) is 0 Å². The van der Waals surface area contributed by atoms with Gasteiger partial charge in [-0.15, -0.1) is 0 Å². The van der Waals surface area contributed by atoms with Crippen LogP contribution in [0.25, 0.3) is 10.9 Å². The van der Waals surface area contributed by atoms with E-state index in [1.807, 2.05) is 25.1 Å². The number of carbonyl (C=O) groups excluding carboxylic acids is 2. The van der Waals surface area contributed by atoms with E-state index in [4.69, 9.17) is 4.74 Å². The van der Waals surface area contributed by atoms with Crippen molar-refractivity contribution in [1.82, 2.24) is 9.88 Å². The van der Waals surface area contributed by atoms with Crippen LogP contribution in [-0.4, -0.2) is 48.0 Å². The number of aromatic nitrogens is 1. The Morgan fingerprint density at radius 1 is 1.28 bits per heavy atom. The summed E-state index contributed by atoms with van der Waals surface area (Å²) >= 11 is 0. The maximum absolute atomic E-state index is 13.0. The molecule has 4 rings (SSSR count). The molecule has 1 saturated carbocycles. The number of carbonyl (C=O) groups is 2. The summed E-state index contributed by atoms with van der Waals surface area (Å²) in [6.45, 7) is 10.3. The van der Waals surface area contributed by atoms with Gasteiger partial charge in [0.25, 0.3) is 0 Å². The lowest BCUT2D eigenvalue weighted by atomic mass is 9.65. The summed E-state index contributed by atoms with van der Waals surface area (Å²) in [4.78, 5) is 30.7. The Morgan fingerprint density at radius 3 is 2.76 bits per heavy atom. The third-order valence-corrected chi connectivity index (χ3v) is 6.48. The molecule has 0 unspecified atom stereocenters. The maximum Gasteiger partial charge on any atom is 0.356 e. The van der Waals surface area contributed by atoms with E-state index in [1.54, 1.807) is 0 Å². The van der Waals surface area contributed by atoms with Crippen LogP contribution in [0.5, 0.6) is 0 Å². The molecule has 6 nitrogen and oxygen atoms in total. The van der Waals surface area contributed by atoms with Crippen LogP contribution in [0, 0.1) is 17.8 Å². The number of H-pyrrole nitrogens is 1. The first-order valence-corrected chi connectivity index (χ1v) is 10.3. The smallest absolute Gasteiger partial charge is 0.356 e.